The quantitative estimate of drug-likeness (QED) is 0.811. The van der Waals surface area contributed by atoms with Crippen LogP contribution in [-0.2, 0) is 4.79 Å². The summed E-state index contributed by atoms with van der Waals surface area (Å²) in [7, 11) is 0. The second-order valence-electron chi connectivity index (χ2n) is 6.47. The van der Waals surface area contributed by atoms with Crippen molar-refractivity contribution >= 4 is 23.4 Å². The molecule has 26 heavy (non-hydrogen) atoms. The molecule has 0 bridgehead atoms. The van der Waals surface area contributed by atoms with Crippen molar-refractivity contribution < 1.29 is 9.59 Å². The number of nitrogens with one attached hydrogen (secondary N) is 2. The van der Waals surface area contributed by atoms with Crippen LogP contribution in [0, 0.1) is 6.92 Å². The molecule has 0 unspecified atom stereocenters. The molecule has 1 aliphatic rings. The minimum Gasteiger partial charge on any atom is -0.353 e. The summed E-state index contributed by atoms with van der Waals surface area (Å²) in [6.45, 7) is 2.03. The zero-order chi connectivity index (χ0) is 18.5. The lowest BCUT2D eigenvalue weighted by molar-refractivity contribution is -0.121. The zero-order valence-electron chi connectivity index (χ0n) is 14.7. The average Bonchev–Trinajstić information content (AvgIpc) is 3.24. The molecule has 0 atom stereocenters. The minimum absolute atomic E-state index is 0.0310. The molecular formula is C18H22ClN5O2. The molecule has 2 amide bonds. The van der Waals surface area contributed by atoms with E-state index < -0.39 is 0 Å². The number of halogens is 1. The van der Waals surface area contributed by atoms with Crippen LogP contribution in [0.5, 0.6) is 0 Å². The van der Waals surface area contributed by atoms with Crippen molar-refractivity contribution in [1.29, 1.82) is 0 Å². The van der Waals surface area contributed by atoms with Crippen LogP contribution < -0.4 is 10.6 Å². The van der Waals surface area contributed by atoms with Crippen molar-refractivity contribution in [2.24, 2.45) is 0 Å². The summed E-state index contributed by atoms with van der Waals surface area (Å²) in [6.07, 6.45) is 4.68. The fourth-order valence-electron chi connectivity index (χ4n) is 3.14. The first kappa shape index (κ1) is 18.4. The number of hydrogen-bond acceptors (Lipinski definition) is 4. The van der Waals surface area contributed by atoms with Gasteiger partial charge in [0.2, 0.25) is 5.91 Å². The number of carbonyl (C=O) groups excluding carboxylic acids is 2. The SMILES string of the molecule is Cc1c(C(=O)NCCC(=O)NC2CCCC2)nnn1-c1cccc(Cl)c1. The Morgan fingerprint density at radius 3 is 2.81 bits per heavy atom. The Hall–Kier alpha value is -2.41. The Kier molecular flexibility index (Phi) is 5.88. The average molecular weight is 376 g/mol. The molecule has 1 aromatic carbocycles. The van der Waals surface area contributed by atoms with Gasteiger partial charge in [0, 0.05) is 24.0 Å². The lowest BCUT2D eigenvalue weighted by Gasteiger charge is -2.11. The van der Waals surface area contributed by atoms with E-state index in [1.54, 1.807) is 23.7 Å². The molecule has 138 valence electrons. The number of hydrogen-bond donors (Lipinski definition) is 2. The standard InChI is InChI=1S/C18H22ClN5O2/c1-12-17(22-23-24(12)15-8-4-5-13(19)11-15)18(26)20-10-9-16(25)21-14-6-2-3-7-14/h4-5,8,11,14H,2-3,6-7,9-10H2,1H3,(H,20,26)(H,21,25). The molecule has 3 rings (SSSR count). The van der Waals surface area contributed by atoms with Crippen LogP contribution >= 0.6 is 11.6 Å². The molecule has 0 spiro atoms. The Bertz CT molecular complexity index is 799. The minimum atomic E-state index is -0.343. The molecule has 2 aromatic rings. The van der Waals surface area contributed by atoms with Gasteiger partial charge in [-0.25, -0.2) is 4.68 Å². The summed E-state index contributed by atoms with van der Waals surface area (Å²) in [6, 6.07) is 7.45. The van der Waals surface area contributed by atoms with Gasteiger partial charge in [-0.3, -0.25) is 9.59 Å². The van der Waals surface area contributed by atoms with Gasteiger partial charge in [-0.05, 0) is 38.0 Å². The van der Waals surface area contributed by atoms with Crippen LogP contribution in [0.1, 0.15) is 48.3 Å². The zero-order valence-corrected chi connectivity index (χ0v) is 15.4. The summed E-state index contributed by atoms with van der Waals surface area (Å²) >= 11 is 6.00. The Balaban J connectivity index is 1.54. The van der Waals surface area contributed by atoms with Crippen LogP contribution in [0.15, 0.2) is 24.3 Å². The molecule has 8 heteroatoms. The van der Waals surface area contributed by atoms with Gasteiger partial charge in [-0.1, -0.05) is 35.7 Å². The van der Waals surface area contributed by atoms with Crippen molar-refractivity contribution in [3.8, 4) is 5.69 Å². The Morgan fingerprint density at radius 2 is 2.08 bits per heavy atom. The van der Waals surface area contributed by atoms with Crippen LogP contribution in [0.25, 0.3) is 5.69 Å². The van der Waals surface area contributed by atoms with E-state index in [1.807, 2.05) is 12.1 Å². The third-order valence-corrected chi connectivity index (χ3v) is 4.76. The molecular weight excluding hydrogens is 354 g/mol. The second kappa shape index (κ2) is 8.31. The molecule has 0 aliphatic heterocycles. The van der Waals surface area contributed by atoms with Gasteiger partial charge in [0.05, 0.1) is 11.4 Å². The number of amides is 2. The van der Waals surface area contributed by atoms with Crippen molar-refractivity contribution in [1.82, 2.24) is 25.6 Å². The van der Waals surface area contributed by atoms with Crippen molar-refractivity contribution in [2.75, 3.05) is 6.54 Å². The van der Waals surface area contributed by atoms with Crippen LogP contribution in [0.3, 0.4) is 0 Å². The van der Waals surface area contributed by atoms with E-state index in [1.165, 1.54) is 12.8 Å². The largest absolute Gasteiger partial charge is 0.353 e. The number of carbonyl (C=O) groups is 2. The predicted octanol–water partition coefficient (Wildman–Crippen LogP) is 2.41. The van der Waals surface area contributed by atoms with E-state index in [-0.39, 0.29) is 36.5 Å². The lowest BCUT2D eigenvalue weighted by Crippen LogP contribution is -2.35. The molecule has 1 saturated carbocycles. The van der Waals surface area contributed by atoms with E-state index in [9.17, 15) is 9.59 Å². The third kappa shape index (κ3) is 4.40. The fraction of sp³-hybridized carbons (Fsp3) is 0.444. The summed E-state index contributed by atoms with van der Waals surface area (Å²) in [5, 5.41) is 14.3. The van der Waals surface area contributed by atoms with E-state index in [0.717, 1.165) is 18.5 Å². The highest BCUT2D eigenvalue weighted by Gasteiger charge is 2.19. The summed E-state index contributed by atoms with van der Waals surface area (Å²) in [5.74, 6) is -0.374. The summed E-state index contributed by atoms with van der Waals surface area (Å²) in [5.41, 5.74) is 1.58. The van der Waals surface area contributed by atoms with Crippen molar-refractivity contribution in [2.45, 2.75) is 45.1 Å². The number of nitrogens with zero attached hydrogens (tertiary/aromatic N) is 3. The van der Waals surface area contributed by atoms with Gasteiger partial charge in [-0.2, -0.15) is 0 Å². The third-order valence-electron chi connectivity index (χ3n) is 4.52. The molecule has 7 nitrogen and oxygen atoms in total. The van der Waals surface area contributed by atoms with Crippen molar-refractivity contribution in [3.63, 3.8) is 0 Å². The first-order valence-corrected chi connectivity index (χ1v) is 9.18. The summed E-state index contributed by atoms with van der Waals surface area (Å²) < 4.78 is 1.56. The summed E-state index contributed by atoms with van der Waals surface area (Å²) in [4.78, 5) is 24.2. The molecule has 1 fully saturated rings. The highest BCUT2D eigenvalue weighted by molar-refractivity contribution is 6.30. The monoisotopic (exact) mass is 375 g/mol. The molecule has 2 N–H and O–H groups in total. The van der Waals surface area contributed by atoms with Crippen LogP contribution in [0.4, 0.5) is 0 Å². The topological polar surface area (TPSA) is 88.9 Å². The lowest BCUT2D eigenvalue weighted by atomic mass is 10.2. The normalized spacial score (nSPS) is 14.4. The van der Waals surface area contributed by atoms with Gasteiger partial charge >= 0.3 is 0 Å². The van der Waals surface area contributed by atoms with E-state index in [0.29, 0.717) is 10.7 Å². The first-order chi connectivity index (χ1) is 12.5. The maximum absolute atomic E-state index is 12.3. The van der Waals surface area contributed by atoms with Gasteiger partial charge in [0.1, 0.15) is 0 Å². The maximum atomic E-state index is 12.3. The van der Waals surface area contributed by atoms with Crippen LogP contribution in [0.2, 0.25) is 5.02 Å². The van der Waals surface area contributed by atoms with Gasteiger partial charge < -0.3 is 10.6 Å². The highest BCUT2D eigenvalue weighted by atomic mass is 35.5. The van der Waals surface area contributed by atoms with Crippen molar-refractivity contribution in [3.05, 3.63) is 40.7 Å². The Morgan fingerprint density at radius 1 is 1.31 bits per heavy atom. The van der Waals surface area contributed by atoms with E-state index in [4.69, 9.17) is 11.6 Å². The molecule has 1 heterocycles. The number of rotatable bonds is 6. The van der Waals surface area contributed by atoms with Gasteiger partial charge in [0.25, 0.3) is 5.91 Å². The smallest absolute Gasteiger partial charge is 0.273 e. The molecule has 1 aliphatic carbocycles. The molecule has 0 radical (unpaired) electrons. The number of aromatic nitrogens is 3. The van der Waals surface area contributed by atoms with Gasteiger partial charge in [-0.15, -0.1) is 5.10 Å². The molecule has 0 saturated heterocycles. The predicted molar refractivity (Wildman–Crippen MR) is 98.5 cm³/mol. The van der Waals surface area contributed by atoms with E-state index >= 15 is 0 Å². The molecule has 1 aromatic heterocycles. The van der Waals surface area contributed by atoms with Gasteiger partial charge in [0.15, 0.2) is 5.69 Å². The Labute approximate surface area is 157 Å². The second-order valence-corrected chi connectivity index (χ2v) is 6.91. The first-order valence-electron chi connectivity index (χ1n) is 8.80. The number of benzene rings is 1. The maximum Gasteiger partial charge on any atom is 0.273 e. The fourth-order valence-corrected chi connectivity index (χ4v) is 3.32. The van der Waals surface area contributed by atoms with Crippen LogP contribution in [-0.4, -0.2) is 39.4 Å². The highest BCUT2D eigenvalue weighted by Crippen LogP contribution is 2.18. The van der Waals surface area contributed by atoms with E-state index in [2.05, 4.69) is 20.9 Å².